The number of benzene rings is 2. The molecule has 0 radical (unpaired) electrons. The molecule has 2 aromatic carbocycles. The van der Waals surface area contributed by atoms with Crippen LogP contribution in [0.3, 0.4) is 0 Å². The fraction of sp³-hybridized carbons (Fsp3) is 0.541. The van der Waals surface area contributed by atoms with Gasteiger partial charge in [0.15, 0.2) is 0 Å². The molecule has 4 aliphatic rings. The number of ether oxygens (including phenoxy) is 3. The number of carbonyl (C=O) groups is 1. The van der Waals surface area contributed by atoms with Crippen molar-refractivity contribution in [2.45, 2.75) is 92.6 Å². The van der Waals surface area contributed by atoms with Gasteiger partial charge in [0.05, 0.1) is 19.3 Å². The van der Waals surface area contributed by atoms with E-state index in [0.717, 1.165) is 22.3 Å². The summed E-state index contributed by atoms with van der Waals surface area (Å²) in [6, 6.07) is 11.6. The monoisotopic (exact) mass is 693 g/mol. The van der Waals surface area contributed by atoms with E-state index in [-0.39, 0.29) is 25.7 Å². The molecule has 3 aliphatic heterocycles. The van der Waals surface area contributed by atoms with E-state index in [2.05, 4.69) is 23.7 Å². The average Bonchev–Trinajstić information content (AvgIpc) is 3.38. The molecule has 0 aromatic heterocycles. The average molecular weight is 694 g/mol. The van der Waals surface area contributed by atoms with Gasteiger partial charge < -0.3 is 60.0 Å². The molecule has 2 aromatic rings. The molecular formula is C37H43NO12. The highest BCUT2D eigenvalue weighted by Crippen LogP contribution is 2.54. The first-order valence-corrected chi connectivity index (χ1v) is 16.9. The Morgan fingerprint density at radius 2 is 1.28 bits per heavy atom. The Labute approximate surface area is 289 Å². The molecule has 13 heteroatoms. The third kappa shape index (κ3) is 6.63. The number of hydrogen-bond acceptors (Lipinski definition) is 12. The van der Waals surface area contributed by atoms with Crippen molar-refractivity contribution in [1.82, 2.24) is 4.90 Å². The molecule has 0 saturated carbocycles. The van der Waals surface area contributed by atoms with E-state index < -0.39 is 73.1 Å². The molecule has 3 heterocycles. The zero-order valence-corrected chi connectivity index (χ0v) is 27.6. The Hall–Kier alpha value is -3.57. The molecule has 6 rings (SSSR count). The van der Waals surface area contributed by atoms with E-state index >= 15 is 0 Å². The van der Waals surface area contributed by atoms with Gasteiger partial charge in [-0.15, -0.1) is 0 Å². The zero-order chi connectivity index (χ0) is 35.7. The molecule has 1 aliphatic carbocycles. The number of fused-ring (bicyclic) bond motifs is 5. The van der Waals surface area contributed by atoms with Gasteiger partial charge in [-0.1, -0.05) is 35.8 Å². The predicted molar refractivity (Wildman–Crippen MR) is 176 cm³/mol. The summed E-state index contributed by atoms with van der Waals surface area (Å²) in [6.07, 6.45) is -12.2. The van der Waals surface area contributed by atoms with Crippen LogP contribution in [-0.2, 0) is 19.6 Å². The molecule has 50 heavy (non-hydrogen) atoms. The second kappa shape index (κ2) is 15.0. The lowest BCUT2D eigenvalue weighted by Gasteiger charge is -2.40. The molecule has 10 atom stereocenters. The maximum atomic E-state index is 12.6. The number of likely N-dealkylation sites (tertiary alicyclic amines) is 1. The molecule has 3 saturated heterocycles. The number of nitrogens with zero attached hydrogens (tertiary/aromatic N) is 1. The summed E-state index contributed by atoms with van der Waals surface area (Å²) in [5.41, 5.74) is 4.68. The first-order valence-electron chi connectivity index (χ1n) is 16.9. The zero-order valence-electron chi connectivity index (χ0n) is 27.6. The van der Waals surface area contributed by atoms with Gasteiger partial charge in [0.25, 0.3) is 0 Å². The van der Waals surface area contributed by atoms with Crippen LogP contribution < -0.4 is 0 Å². The predicted octanol–water partition coefficient (Wildman–Crippen LogP) is -1.02. The molecule has 268 valence electrons. The van der Waals surface area contributed by atoms with Gasteiger partial charge in [0, 0.05) is 36.2 Å². The highest BCUT2D eigenvalue weighted by Gasteiger charge is 2.47. The number of aliphatic hydroxyl groups is 8. The van der Waals surface area contributed by atoms with Gasteiger partial charge in [-0.2, -0.15) is 0 Å². The second-order valence-corrected chi connectivity index (χ2v) is 13.2. The maximum absolute atomic E-state index is 12.6. The van der Waals surface area contributed by atoms with E-state index in [4.69, 9.17) is 14.2 Å². The summed E-state index contributed by atoms with van der Waals surface area (Å²) in [5, 5.41) is 80.9. The molecule has 3 fully saturated rings. The van der Waals surface area contributed by atoms with Crippen LogP contribution in [0.15, 0.2) is 36.4 Å². The largest absolute Gasteiger partial charge is 0.450 e. The Morgan fingerprint density at radius 3 is 1.76 bits per heavy atom. The van der Waals surface area contributed by atoms with Crippen LogP contribution in [0.5, 0.6) is 0 Å². The van der Waals surface area contributed by atoms with Crippen LogP contribution in [0.2, 0.25) is 0 Å². The first kappa shape index (κ1) is 36.2. The van der Waals surface area contributed by atoms with Gasteiger partial charge in [0.2, 0.25) is 0 Å². The van der Waals surface area contributed by atoms with Gasteiger partial charge >= 0.3 is 6.09 Å². The summed E-state index contributed by atoms with van der Waals surface area (Å²) in [6.45, 7) is 2.07. The minimum atomic E-state index is -1.54. The van der Waals surface area contributed by atoms with Crippen LogP contribution in [0.1, 0.15) is 48.4 Å². The summed E-state index contributed by atoms with van der Waals surface area (Å²) in [7, 11) is 0. The van der Waals surface area contributed by atoms with E-state index in [9.17, 15) is 45.6 Å². The van der Waals surface area contributed by atoms with Gasteiger partial charge in [-0.05, 0) is 72.7 Å². The third-order valence-corrected chi connectivity index (χ3v) is 10.2. The van der Waals surface area contributed by atoms with E-state index in [1.54, 1.807) is 11.8 Å². The Balaban J connectivity index is 1.33. The molecule has 13 nitrogen and oxygen atoms in total. The number of carbonyl (C=O) groups excluding carboxylic acids is 1. The quantitative estimate of drug-likeness (QED) is 0.181. The van der Waals surface area contributed by atoms with Crippen molar-refractivity contribution in [2.24, 2.45) is 0 Å². The van der Waals surface area contributed by atoms with Crippen molar-refractivity contribution in [3.8, 4) is 34.8 Å². The standard InChI is InChI=1S/C37H43NO12/c1-2-48-36(47)38-14-12-37(13-15-38)24-17-20(5-9-26-30(41)34(45)32(43)28(49-26)11-16-39)3-7-22(24)23-8-4-21(18-25(23)37)6-10-27-31(42)35(46)33(44)29(19-40)50-27/h3-4,7-8,17-18,26-35,39-46H,2,11-16,19H2,1H3/t26-,27-,28-,29-,30-,31-,32-,33-,34-,35-/m1/s1. The van der Waals surface area contributed by atoms with Crippen LogP contribution in [0.4, 0.5) is 4.79 Å². The highest BCUT2D eigenvalue weighted by atomic mass is 16.6. The van der Waals surface area contributed by atoms with Crippen molar-refractivity contribution in [1.29, 1.82) is 0 Å². The smallest absolute Gasteiger partial charge is 0.409 e. The molecule has 0 bridgehead atoms. The number of aliphatic hydroxyl groups excluding tert-OH is 8. The Kier molecular flexibility index (Phi) is 10.8. The molecule has 1 spiro atoms. The SMILES string of the molecule is CCOC(=O)N1CCC2(CC1)c1cc(C#C[C@H]3O[C@H](CO)[C@@H](O)[C@H](O)[C@@H]3O)ccc1-c1ccc(C#C[C@H]3O[C@H](CCO)[C@@H](O)[C@H](O)[C@@H]3O)cc12. The van der Waals surface area contributed by atoms with Crippen LogP contribution in [-0.4, -0.2) is 146 Å². The van der Waals surface area contributed by atoms with Gasteiger partial charge in [0.1, 0.15) is 54.9 Å². The Morgan fingerprint density at radius 1 is 0.780 bits per heavy atom. The third-order valence-electron chi connectivity index (χ3n) is 10.2. The summed E-state index contributed by atoms with van der Waals surface area (Å²) < 4.78 is 16.6. The van der Waals surface area contributed by atoms with E-state index in [1.807, 2.05) is 36.4 Å². The molecule has 0 unspecified atom stereocenters. The number of rotatable bonds is 4. The second-order valence-electron chi connectivity index (χ2n) is 13.2. The van der Waals surface area contributed by atoms with E-state index in [0.29, 0.717) is 37.1 Å². The van der Waals surface area contributed by atoms with Gasteiger partial charge in [-0.25, -0.2) is 4.79 Å². The van der Waals surface area contributed by atoms with Crippen molar-refractivity contribution >= 4 is 6.09 Å². The lowest BCUT2D eigenvalue weighted by atomic mass is 9.70. The molecular weight excluding hydrogens is 650 g/mol. The number of amides is 1. The fourth-order valence-corrected chi connectivity index (χ4v) is 7.44. The normalized spacial score (nSPS) is 32.6. The van der Waals surface area contributed by atoms with Crippen molar-refractivity contribution < 1.29 is 59.9 Å². The fourth-order valence-electron chi connectivity index (χ4n) is 7.44. The minimum absolute atomic E-state index is 0.0699. The Bertz CT molecular complexity index is 1680. The number of hydrogen-bond donors (Lipinski definition) is 8. The molecule has 8 N–H and O–H groups in total. The lowest BCUT2D eigenvalue weighted by Crippen LogP contribution is -2.58. The topological polar surface area (TPSA) is 210 Å². The lowest BCUT2D eigenvalue weighted by molar-refractivity contribution is -0.214. The van der Waals surface area contributed by atoms with Crippen molar-refractivity contribution in [3.63, 3.8) is 0 Å². The van der Waals surface area contributed by atoms with Gasteiger partial charge in [-0.3, -0.25) is 0 Å². The van der Waals surface area contributed by atoms with Crippen LogP contribution in [0.25, 0.3) is 11.1 Å². The maximum Gasteiger partial charge on any atom is 0.409 e. The number of piperidine rings is 1. The molecule has 1 amide bonds. The minimum Gasteiger partial charge on any atom is -0.450 e. The summed E-state index contributed by atoms with van der Waals surface area (Å²) >= 11 is 0. The summed E-state index contributed by atoms with van der Waals surface area (Å²) in [4.78, 5) is 14.3. The van der Waals surface area contributed by atoms with Crippen molar-refractivity contribution in [2.75, 3.05) is 32.9 Å². The van der Waals surface area contributed by atoms with Crippen LogP contribution in [0, 0.1) is 23.7 Å². The summed E-state index contributed by atoms with van der Waals surface area (Å²) in [5.74, 6) is 11.8. The van der Waals surface area contributed by atoms with E-state index in [1.165, 1.54) is 0 Å². The highest BCUT2D eigenvalue weighted by molar-refractivity contribution is 5.83. The van der Waals surface area contributed by atoms with Crippen LogP contribution >= 0.6 is 0 Å². The first-order chi connectivity index (χ1) is 24.0. The van der Waals surface area contributed by atoms with Crippen molar-refractivity contribution in [3.05, 3.63) is 58.7 Å².